The molecular weight excluding hydrogens is 311 g/mol. The quantitative estimate of drug-likeness (QED) is 0.926. The summed E-state index contributed by atoms with van der Waals surface area (Å²) in [6.45, 7) is 0.604. The number of hydrogen-bond donors (Lipinski definition) is 1. The summed E-state index contributed by atoms with van der Waals surface area (Å²) >= 11 is 12.1. The Morgan fingerprint density at radius 2 is 1.95 bits per heavy atom. The monoisotopic (exact) mass is 324 g/mol. The molecule has 0 aliphatic carbocycles. The van der Waals surface area contributed by atoms with E-state index >= 15 is 0 Å². The van der Waals surface area contributed by atoms with E-state index < -0.39 is 6.10 Å². The van der Waals surface area contributed by atoms with Gasteiger partial charge in [-0.1, -0.05) is 29.3 Å². The van der Waals surface area contributed by atoms with Gasteiger partial charge in [0.1, 0.15) is 17.6 Å². The summed E-state index contributed by atoms with van der Waals surface area (Å²) in [6.07, 6.45) is -0.0874. The third kappa shape index (κ3) is 2.69. The van der Waals surface area contributed by atoms with Crippen LogP contribution in [0.15, 0.2) is 30.3 Å². The van der Waals surface area contributed by atoms with Crippen LogP contribution in [0.2, 0.25) is 10.0 Å². The highest BCUT2D eigenvalue weighted by atomic mass is 35.5. The molecular formula is C16H14Cl2O3. The second-order valence-electron chi connectivity index (χ2n) is 4.87. The van der Waals surface area contributed by atoms with Gasteiger partial charge in [0, 0.05) is 27.6 Å². The average Bonchev–Trinajstić information content (AvgIpc) is 2.93. The lowest BCUT2D eigenvalue weighted by atomic mass is 9.97. The van der Waals surface area contributed by atoms with Gasteiger partial charge >= 0.3 is 0 Å². The number of fused-ring (bicyclic) bond motifs is 1. The van der Waals surface area contributed by atoms with Crippen molar-refractivity contribution in [2.75, 3.05) is 13.7 Å². The lowest BCUT2D eigenvalue weighted by Crippen LogP contribution is -2.04. The van der Waals surface area contributed by atoms with Crippen LogP contribution < -0.4 is 9.47 Å². The van der Waals surface area contributed by atoms with Crippen LogP contribution in [0.3, 0.4) is 0 Å². The van der Waals surface area contributed by atoms with E-state index in [9.17, 15) is 5.11 Å². The molecule has 0 saturated heterocycles. The normalized spacial score (nSPS) is 14.5. The second-order valence-corrected chi connectivity index (χ2v) is 5.74. The van der Waals surface area contributed by atoms with Crippen LogP contribution in [0.5, 0.6) is 11.5 Å². The molecule has 5 heteroatoms. The molecule has 3 rings (SSSR count). The number of hydrogen-bond acceptors (Lipinski definition) is 3. The highest BCUT2D eigenvalue weighted by Gasteiger charge is 2.25. The number of rotatable bonds is 3. The van der Waals surface area contributed by atoms with Gasteiger partial charge < -0.3 is 14.6 Å². The van der Waals surface area contributed by atoms with Crippen molar-refractivity contribution in [3.05, 3.63) is 57.1 Å². The van der Waals surface area contributed by atoms with Crippen molar-refractivity contribution in [1.82, 2.24) is 0 Å². The predicted molar refractivity (Wildman–Crippen MR) is 82.7 cm³/mol. The molecule has 0 aromatic heterocycles. The first-order valence-corrected chi connectivity index (χ1v) is 7.32. The third-order valence-electron chi connectivity index (χ3n) is 3.56. The van der Waals surface area contributed by atoms with Gasteiger partial charge in [-0.2, -0.15) is 0 Å². The molecule has 0 radical (unpaired) electrons. The molecule has 2 aromatic rings. The summed E-state index contributed by atoms with van der Waals surface area (Å²) in [5, 5.41) is 11.9. The summed E-state index contributed by atoms with van der Waals surface area (Å²) in [7, 11) is 1.54. The van der Waals surface area contributed by atoms with Gasteiger partial charge in [0.25, 0.3) is 0 Å². The number of methoxy groups -OCH3 is 1. The highest BCUT2D eigenvalue weighted by molar-refractivity contribution is 6.31. The summed E-state index contributed by atoms with van der Waals surface area (Å²) < 4.78 is 10.9. The van der Waals surface area contributed by atoms with Crippen LogP contribution in [0, 0.1) is 0 Å². The van der Waals surface area contributed by atoms with Crippen LogP contribution in [-0.2, 0) is 6.42 Å². The van der Waals surface area contributed by atoms with Gasteiger partial charge in [-0.3, -0.25) is 0 Å². The topological polar surface area (TPSA) is 38.7 Å². The molecule has 2 aromatic carbocycles. The van der Waals surface area contributed by atoms with Crippen molar-refractivity contribution in [2.24, 2.45) is 0 Å². The summed E-state index contributed by atoms with van der Waals surface area (Å²) in [5.41, 5.74) is 2.29. The number of aliphatic hydroxyl groups is 1. The van der Waals surface area contributed by atoms with E-state index in [4.69, 9.17) is 32.7 Å². The molecule has 1 aliphatic heterocycles. The van der Waals surface area contributed by atoms with Crippen molar-refractivity contribution in [3.8, 4) is 11.5 Å². The molecule has 3 nitrogen and oxygen atoms in total. The molecule has 1 heterocycles. The Balaban J connectivity index is 2.09. The fraction of sp³-hybridized carbons (Fsp3) is 0.250. The van der Waals surface area contributed by atoms with E-state index in [1.54, 1.807) is 31.4 Å². The SMILES string of the molecule is COc1cc(Cl)ccc1C(O)c1cc(Cl)cc2c1OCC2. The van der Waals surface area contributed by atoms with Gasteiger partial charge in [0.05, 0.1) is 13.7 Å². The fourth-order valence-corrected chi connectivity index (χ4v) is 2.99. The van der Waals surface area contributed by atoms with Crippen LogP contribution >= 0.6 is 23.2 Å². The Morgan fingerprint density at radius 1 is 1.14 bits per heavy atom. The third-order valence-corrected chi connectivity index (χ3v) is 4.02. The first-order chi connectivity index (χ1) is 10.1. The largest absolute Gasteiger partial charge is 0.496 e. The molecule has 1 atom stereocenters. The van der Waals surface area contributed by atoms with Crippen molar-refractivity contribution in [1.29, 1.82) is 0 Å². The lowest BCUT2D eigenvalue weighted by Gasteiger charge is -2.18. The number of benzene rings is 2. The fourth-order valence-electron chi connectivity index (χ4n) is 2.58. The molecule has 0 fully saturated rings. The Hall–Kier alpha value is -1.42. The first kappa shape index (κ1) is 14.5. The Kier molecular flexibility index (Phi) is 3.98. The number of halogens is 2. The Bertz CT molecular complexity index is 685. The zero-order valence-corrected chi connectivity index (χ0v) is 12.9. The van der Waals surface area contributed by atoms with Crippen LogP contribution in [0.1, 0.15) is 22.8 Å². The molecule has 110 valence electrons. The van der Waals surface area contributed by atoms with Crippen molar-refractivity contribution in [3.63, 3.8) is 0 Å². The first-order valence-electron chi connectivity index (χ1n) is 6.56. The molecule has 1 unspecified atom stereocenters. The van der Waals surface area contributed by atoms with Crippen molar-refractivity contribution in [2.45, 2.75) is 12.5 Å². The van der Waals surface area contributed by atoms with Crippen molar-refractivity contribution >= 4 is 23.2 Å². The minimum atomic E-state index is -0.886. The van der Waals surface area contributed by atoms with E-state index in [2.05, 4.69) is 0 Å². The smallest absolute Gasteiger partial charge is 0.128 e. The molecule has 0 amide bonds. The van der Waals surface area contributed by atoms with Gasteiger partial charge in [-0.25, -0.2) is 0 Å². The van der Waals surface area contributed by atoms with E-state index in [1.165, 1.54) is 0 Å². The van der Waals surface area contributed by atoms with Crippen LogP contribution in [-0.4, -0.2) is 18.8 Å². The average molecular weight is 325 g/mol. The van der Waals surface area contributed by atoms with E-state index in [1.807, 2.05) is 6.07 Å². The second kappa shape index (κ2) is 5.76. The molecule has 0 bridgehead atoms. The summed E-state index contributed by atoms with van der Waals surface area (Å²) in [4.78, 5) is 0. The van der Waals surface area contributed by atoms with E-state index in [0.29, 0.717) is 39.3 Å². The Morgan fingerprint density at radius 3 is 2.71 bits per heavy atom. The van der Waals surface area contributed by atoms with Crippen LogP contribution in [0.25, 0.3) is 0 Å². The summed E-state index contributed by atoms with van der Waals surface area (Å²) in [5.74, 6) is 1.24. The maximum atomic E-state index is 10.7. The standard InChI is InChI=1S/C16H14Cl2O3/c1-20-14-8-10(17)2-3-12(14)15(19)13-7-11(18)6-9-4-5-21-16(9)13/h2-3,6-8,15,19H,4-5H2,1H3. The lowest BCUT2D eigenvalue weighted by molar-refractivity contribution is 0.208. The summed E-state index contributed by atoms with van der Waals surface area (Å²) in [6, 6.07) is 8.73. The van der Waals surface area contributed by atoms with Crippen LogP contribution in [0.4, 0.5) is 0 Å². The highest BCUT2D eigenvalue weighted by Crippen LogP contribution is 2.41. The maximum absolute atomic E-state index is 10.7. The predicted octanol–water partition coefficient (Wildman–Crippen LogP) is 4.02. The van der Waals surface area contributed by atoms with Gasteiger partial charge in [0.15, 0.2) is 0 Å². The van der Waals surface area contributed by atoms with Gasteiger partial charge in [0.2, 0.25) is 0 Å². The van der Waals surface area contributed by atoms with Gasteiger partial charge in [-0.05, 0) is 29.8 Å². The minimum absolute atomic E-state index is 0.529. The van der Waals surface area contributed by atoms with E-state index in [-0.39, 0.29) is 0 Å². The van der Waals surface area contributed by atoms with Crippen molar-refractivity contribution < 1.29 is 14.6 Å². The minimum Gasteiger partial charge on any atom is -0.496 e. The van der Waals surface area contributed by atoms with E-state index in [0.717, 1.165) is 12.0 Å². The molecule has 1 aliphatic rings. The number of ether oxygens (including phenoxy) is 2. The van der Waals surface area contributed by atoms with Gasteiger partial charge in [-0.15, -0.1) is 0 Å². The molecule has 0 saturated carbocycles. The molecule has 0 spiro atoms. The molecule has 1 N–H and O–H groups in total. The zero-order valence-electron chi connectivity index (χ0n) is 11.4. The molecule has 21 heavy (non-hydrogen) atoms. The maximum Gasteiger partial charge on any atom is 0.128 e. The Labute approximate surface area is 133 Å². The number of aliphatic hydroxyl groups excluding tert-OH is 1. The zero-order chi connectivity index (χ0) is 15.0.